The number of carbonyl (C=O) groups is 2. The number of halogens is 2. The fourth-order valence-electron chi connectivity index (χ4n) is 3.66. The Hall–Kier alpha value is -2.81. The first kappa shape index (κ1) is 21.4. The van der Waals surface area contributed by atoms with E-state index in [1.807, 2.05) is 25.1 Å². The van der Waals surface area contributed by atoms with E-state index in [-0.39, 0.29) is 24.4 Å². The van der Waals surface area contributed by atoms with Crippen LogP contribution in [-0.4, -0.2) is 36.7 Å². The Morgan fingerprint density at radius 3 is 2.61 bits per heavy atom. The summed E-state index contributed by atoms with van der Waals surface area (Å²) in [5.74, 6) is 0.826. The molecule has 2 aromatic rings. The first-order chi connectivity index (χ1) is 14.8. The van der Waals surface area contributed by atoms with Gasteiger partial charge in [0.25, 0.3) is 0 Å². The average molecular weight is 492 g/mol. The van der Waals surface area contributed by atoms with Crippen molar-refractivity contribution in [2.24, 2.45) is 5.41 Å². The second kappa shape index (κ2) is 8.74. The molecule has 2 N–H and O–H groups in total. The molecule has 0 aliphatic carbocycles. The van der Waals surface area contributed by atoms with Crippen LogP contribution in [0.1, 0.15) is 25.3 Å². The first-order valence-electron chi connectivity index (χ1n) is 10.0. The van der Waals surface area contributed by atoms with E-state index in [1.54, 1.807) is 11.0 Å². The van der Waals surface area contributed by atoms with Gasteiger partial charge in [-0.05, 0) is 48.7 Å². The smallest absolute Gasteiger partial charge is 0.321 e. The number of benzene rings is 2. The molecule has 0 bridgehead atoms. The number of rotatable bonds is 4. The van der Waals surface area contributed by atoms with Crippen LogP contribution in [0, 0.1) is 11.2 Å². The van der Waals surface area contributed by atoms with E-state index in [0.29, 0.717) is 48.4 Å². The molecule has 2 aliphatic rings. The number of piperidine rings is 1. The number of urea groups is 1. The molecule has 1 fully saturated rings. The molecule has 2 aromatic carbocycles. The number of nitrogens with zero attached hydrogens (tertiary/aromatic N) is 1. The van der Waals surface area contributed by atoms with Gasteiger partial charge in [0.05, 0.1) is 5.69 Å². The van der Waals surface area contributed by atoms with E-state index < -0.39 is 11.2 Å². The van der Waals surface area contributed by atoms with Crippen LogP contribution in [0.25, 0.3) is 0 Å². The summed E-state index contributed by atoms with van der Waals surface area (Å²) in [6.07, 6.45) is 1.05. The standard InChI is InChI=1S/C22H23BrFN3O4/c1-22(20(28)25-12-14-2-5-18-19(10-14)31-13-30-18)6-8-27(9-7-22)21(29)26-17-4-3-15(23)11-16(17)24/h2-5,10-11H,6-9,12-13H2,1H3,(H,25,28)(H,26,29). The minimum absolute atomic E-state index is 0.0517. The van der Waals surface area contributed by atoms with Crippen molar-refractivity contribution in [1.29, 1.82) is 0 Å². The van der Waals surface area contributed by atoms with Gasteiger partial charge in [-0.1, -0.05) is 28.9 Å². The zero-order valence-electron chi connectivity index (χ0n) is 17.0. The van der Waals surface area contributed by atoms with Gasteiger partial charge in [0.2, 0.25) is 12.7 Å². The second-order valence-corrected chi connectivity index (χ2v) is 8.89. The number of likely N-dealkylation sites (tertiary alicyclic amines) is 1. The maximum Gasteiger partial charge on any atom is 0.321 e. The van der Waals surface area contributed by atoms with E-state index in [4.69, 9.17) is 9.47 Å². The molecule has 2 aliphatic heterocycles. The maximum absolute atomic E-state index is 14.0. The van der Waals surface area contributed by atoms with Crippen molar-refractivity contribution in [1.82, 2.24) is 10.2 Å². The summed E-state index contributed by atoms with van der Waals surface area (Å²) < 4.78 is 25.2. The molecule has 0 spiro atoms. The molecule has 7 nitrogen and oxygen atoms in total. The molecule has 9 heteroatoms. The number of fused-ring (bicyclic) bond motifs is 1. The number of ether oxygens (including phenoxy) is 2. The van der Waals surface area contributed by atoms with Crippen molar-refractivity contribution in [3.8, 4) is 11.5 Å². The topological polar surface area (TPSA) is 79.9 Å². The lowest BCUT2D eigenvalue weighted by Crippen LogP contribution is -2.49. The first-order valence-corrected chi connectivity index (χ1v) is 10.8. The summed E-state index contributed by atoms with van der Waals surface area (Å²) in [7, 11) is 0. The molecular formula is C22H23BrFN3O4. The van der Waals surface area contributed by atoms with Crippen LogP contribution in [0.5, 0.6) is 11.5 Å². The molecule has 31 heavy (non-hydrogen) atoms. The van der Waals surface area contributed by atoms with Crippen molar-refractivity contribution < 1.29 is 23.5 Å². The van der Waals surface area contributed by atoms with E-state index in [2.05, 4.69) is 26.6 Å². The minimum Gasteiger partial charge on any atom is -0.454 e. The zero-order chi connectivity index (χ0) is 22.0. The second-order valence-electron chi connectivity index (χ2n) is 7.97. The van der Waals surface area contributed by atoms with Crippen LogP contribution in [0.3, 0.4) is 0 Å². The van der Waals surface area contributed by atoms with Crippen LogP contribution < -0.4 is 20.1 Å². The van der Waals surface area contributed by atoms with Crippen molar-refractivity contribution in [2.45, 2.75) is 26.3 Å². The van der Waals surface area contributed by atoms with Gasteiger partial charge in [-0.3, -0.25) is 4.79 Å². The number of hydrogen-bond donors (Lipinski definition) is 2. The van der Waals surface area contributed by atoms with Crippen LogP contribution >= 0.6 is 15.9 Å². The molecular weight excluding hydrogens is 469 g/mol. The van der Waals surface area contributed by atoms with Crippen LogP contribution in [0.4, 0.5) is 14.9 Å². The zero-order valence-corrected chi connectivity index (χ0v) is 18.6. The van der Waals surface area contributed by atoms with E-state index in [1.165, 1.54) is 12.1 Å². The Kier molecular flexibility index (Phi) is 6.04. The molecule has 0 unspecified atom stereocenters. The maximum atomic E-state index is 14.0. The average Bonchev–Trinajstić information content (AvgIpc) is 3.22. The molecule has 2 heterocycles. The van der Waals surface area contributed by atoms with Crippen molar-refractivity contribution >= 4 is 33.6 Å². The van der Waals surface area contributed by atoms with Gasteiger partial charge < -0.3 is 25.0 Å². The summed E-state index contributed by atoms with van der Waals surface area (Å²) >= 11 is 3.19. The Morgan fingerprint density at radius 2 is 1.87 bits per heavy atom. The Morgan fingerprint density at radius 1 is 1.13 bits per heavy atom. The third kappa shape index (κ3) is 4.76. The molecule has 0 saturated carbocycles. The van der Waals surface area contributed by atoms with Gasteiger partial charge >= 0.3 is 6.03 Å². The van der Waals surface area contributed by atoms with Crippen LogP contribution in [-0.2, 0) is 11.3 Å². The highest BCUT2D eigenvalue weighted by molar-refractivity contribution is 9.10. The van der Waals surface area contributed by atoms with Crippen molar-refractivity contribution in [3.05, 3.63) is 52.3 Å². The molecule has 0 radical (unpaired) electrons. The van der Waals surface area contributed by atoms with Gasteiger partial charge in [0.15, 0.2) is 11.5 Å². The van der Waals surface area contributed by atoms with Gasteiger partial charge in [-0.2, -0.15) is 0 Å². The highest BCUT2D eigenvalue weighted by atomic mass is 79.9. The number of carbonyl (C=O) groups excluding carboxylic acids is 2. The van der Waals surface area contributed by atoms with Crippen LogP contribution in [0.15, 0.2) is 40.9 Å². The number of nitrogens with one attached hydrogen (secondary N) is 2. The van der Waals surface area contributed by atoms with Crippen LogP contribution in [0.2, 0.25) is 0 Å². The predicted molar refractivity (Wildman–Crippen MR) is 116 cm³/mol. The molecule has 0 atom stereocenters. The SMILES string of the molecule is CC1(C(=O)NCc2ccc3c(c2)OCO3)CCN(C(=O)Nc2ccc(Br)cc2F)CC1. The summed E-state index contributed by atoms with van der Waals surface area (Å²) in [6, 6.07) is 9.68. The minimum atomic E-state index is -0.573. The highest BCUT2D eigenvalue weighted by Crippen LogP contribution is 2.34. The highest BCUT2D eigenvalue weighted by Gasteiger charge is 2.38. The van der Waals surface area contributed by atoms with Crippen molar-refractivity contribution in [3.63, 3.8) is 0 Å². The third-order valence-electron chi connectivity index (χ3n) is 5.77. The summed E-state index contributed by atoms with van der Waals surface area (Å²) in [5.41, 5.74) is 0.480. The largest absolute Gasteiger partial charge is 0.454 e. The molecule has 1 saturated heterocycles. The molecule has 164 valence electrons. The summed E-state index contributed by atoms with van der Waals surface area (Å²) in [6.45, 7) is 3.33. The van der Waals surface area contributed by atoms with E-state index in [9.17, 15) is 14.0 Å². The Bertz CT molecular complexity index is 1010. The Labute approximate surface area is 188 Å². The molecule has 0 aromatic heterocycles. The van der Waals surface area contributed by atoms with Crippen molar-refractivity contribution in [2.75, 3.05) is 25.2 Å². The normalized spacial score (nSPS) is 16.7. The summed E-state index contributed by atoms with van der Waals surface area (Å²) in [5, 5.41) is 5.59. The lowest BCUT2D eigenvalue weighted by atomic mass is 9.79. The van der Waals surface area contributed by atoms with E-state index in [0.717, 1.165) is 5.56 Å². The Balaban J connectivity index is 1.29. The van der Waals surface area contributed by atoms with Gasteiger partial charge in [0.1, 0.15) is 5.82 Å². The van der Waals surface area contributed by atoms with Gasteiger partial charge in [-0.25, -0.2) is 9.18 Å². The molecule has 4 rings (SSSR count). The lowest BCUT2D eigenvalue weighted by molar-refractivity contribution is -0.132. The third-order valence-corrected chi connectivity index (χ3v) is 6.26. The number of anilines is 1. The number of amides is 3. The fourth-order valence-corrected chi connectivity index (χ4v) is 4.00. The quantitative estimate of drug-likeness (QED) is 0.669. The monoisotopic (exact) mass is 491 g/mol. The fraction of sp³-hybridized carbons (Fsp3) is 0.364. The van der Waals surface area contributed by atoms with Gasteiger partial charge in [0, 0.05) is 29.5 Å². The lowest BCUT2D eigenvalue weighted by Gasteiger charge is -2.38. The predicted octanol–water partition coefficient (Wildman–Crippen LogP) is 4.27. The molecule has 3 amide bonds. The number of hydrogen-bond acceptors (Lipinski definition) is 4. The van der Waals surface area contributed by atoms with Gasteiger partial charge in [-0.15, -0.1) is 0 Å². The summed E-state index contributed by atoms with van der Waals surface area (Å²) in [4.78, 5) is 26.9. The van der Waals surface area contributed by atoms with E-state index >= 15 is 0 Å².